The van der Waals surface area contributed by atoms with Crippen molar-refractivity contribution >= 4 is 11.6 Å². The second-order valence-electron chi connectivity index (χ2n) is 5.20. The molecule has 1 heterocycles. The minimum Gasteiger partial charge on any atom is -0.378 e. The quantitative estimate of drug-likeness (QED) is 0.794. The van der Waals surface area contributed by atoms with Crippen LogP contribution in [-0.2, 0) is 6.54 Å². The van der Waals surface area contributed by atoms with Crippen LogP contribution in [0, 0.1) is 0 Å². The van der Waals surface area contributed by atoms with E-state index in [1.807, 2.05) is 60.4 Å². The number of hydrogen-bond acceptors (Lipinski definition) is 3. The van der Waals surface area contributed by atoms with E-state index in [4.69, 9.17) is 0 Å². The van der Waals surface area contributed by atoms with E-state index in [0.717, 1.165) is 25.1 Å². The van der Waals surface area contributed by atoms with Gasteiger partial charge >= 0.3 is 0 Å². The standard InChI is InChI=1S/C16H22N4O/c1-19(2)15-7-5-14(6-8-15)16(21)18-9-3-4-11-20-12-10-17-13-20/h5-8,10,12-13H,3-4,9,11H2,1-2H3,(H,18,21). The number of benzene rings is 1. The lowest BCUT2D eigenvalue weighted by molar-refractivity contribution is 0.0953. The van der Waals surface area contributed by atoms with E-state index >= 15 is 0 Å². The molecule has 0 fully saturated rings. The summed E-state index contributed by atoms with van der Waals surface area (Å²) in [6.07, 6.45) is 7.52. The van der Waals surface area contributed by atoms with E-state index < -0.39 is 0 Å². The van der Waals surface area contributed by atoms with Crippen molar-refractivity contribution in [3.05, 3.63) is 48.5 Å². The number of nitrogens with one attached hydrogen (secondary N) is 1. The van der Waals surface area contributed by atoms with Crippen molar-refractivity contribution < 1.29 is 4.79 Å². The normalized spacial score (nSPS) is 10.4. The van der Waals surface area contributed by atoms with Crippen LogP contribution in [0.3, 0.4) is 0 Å². The molecule has 0 saturated heterocycles. The van der Waals surface area contributed by atoms with Crippen molar-refractivity contribution in [2.45, 2.75) is 19.4 Å². The maximum absolute atomic E-state index is 12.0. The molecule has 21 heavy (non-hydrogen) atoms. The van der Waals surface area contributed by atoms with Crippen molar-refractivity contribution in [1.29, 1.82) is 0 Å². The molecule has 0 bridgehead atoms. The third-order valence-electron chi connectivity index (χ3n) is 3.33. The SMILES string of the molecule is CN(C)c1ccc(C(=O)NCCCCn2ccnc2)cc1. The number of unbranched alkanes of at least 4 members (excludes halogenated alkanes) is 1. The van der Waals surface area contributed by atoms with E-state index in [0.29, 0.717) is 12.1 Å². The summed E-state index contributed by atoms with van der Waals surface area (Å²) in [7, 11) is 3.96. The molecule has 0 atom stereocenters. The molecule has 5 nitrogen and oxygen atoms in total. The van der Waals surface area contributed by atoms with Gasteiger partial charge in [-0.2, -0.15) is 0 Å². The molecule has 0 aliphatic rings. The Morgan fingerprint density at radius 2 is 2.00 bits per heavy atom. The highest BCUT2D eigenvalue weighted by Gasteiger charge is 2.04. The summed E-state index contributed by atoms with van der Waals surface area (Å²) in [6, 6.07) is 7.62. The number of hydrogen-bond donors (Lipinski definition) is 1. The minimum absolute atomic E-state index is 0.0112. The number of aromatic nitrogens is 2. The fourth-order valence-electron chi connectivity index (χ4n) is 2.05. The number of carbonyl (C=O) groups is 1. The van der Waals surface area contributed by atoms with Gasteiger partial charge in [0.15, 0.2) is 0 Å². The van der Waals surface area contributed by atoms with E-state index in [9.17, 15) is 4.79 Å². The number of anilines is 1. The van der Waals surface area contributed by atoms with E-state index in [1.54, 1.807) is 6.20 Å². The first-order valence-corrected chi connectivity index (χ1v) is 7.18. The van der Waals surface area contributed by atoms with Gasteiger partial charge in [-0.15, -0.1) is 0 Å². The number of rotatable bonds is 7. The Morgan fingerprint density at radius 1 is 1.24 bits per heavy atom. The van der Waals surface area contributed by atoms with E-state index in [2.05, 4.69) is 10.3 Å². The smallest absolute Gasteiger partial charge is 0.251 e. The summed E-state index contributed by atoms with van der Waals surface area (Å²) in [6.45, 7) is 1.64. The second-order valence-corrected chi connectivity index (χ2v) is 5.20. The van der Waals surface area contributed by atoms with Crippen LogP contribution in [-0.4, -0.2) is 36.1 Å². The molecular weight excluding hydrogens is 264 g/mol. The van der Waals surface area contributed by atoms with Gasteiger partial charge in [0, 0.05) is 50.8 Å². The van der Waals surface area contributed by atoms with Crippen LogP contribution in [0.4, 0.5) is 5.69 Å². The zero-order chi connectivity index (χ0) is 15.1. The highest BCUT2D eigenvalue weighted by Crippen LogP contribution is 2.12. The summed E-state index contributed by atoms with van der Waals surface area (Å²) >= 11 is 0. The van der Waals surface area contributed by atoms with E-state index in [-0.39, 0.29) is 5.91 Å². The molecule has 0 aliphatic carbocycles. The lowest BCUT2D eigenvalue weighted by Gasteiger charge is -2.12. The van der Waals surface area contributed by atoms with Gasteiger partial charge in [0.25, 0.3) is 5.91 Å². The Kier molecular flexibility index (Phi) is 5.37. The highest BCUT2D eigenvalue weighted by atomic mass is 16.1. The maximum atomic E-state index is 12.0. The van der Waals surface area contributed by atoms with Gasteiger partial charge in [-0.05, 0) is 37.1 Å². The molecule has 2 rings (SSSR count). The zero-order valence-corrected chi connectivity index (χ0v) is 12.6. The summed E-state index contributed by atoms with van der Waals surface area (Å²) < 4.78 is 2.04. The molecule has 2 aromatic rings. The topological polar surface area (TPSA) is 50.2 Å². The molecule has 1 aromatic heterocycles. The Hall–Kier alpha value is -2.30. The van der Waals surface area contributed by atoms with Gasteiger partial charge in [-0.1, -0.05) is 0 Å². The monoisotopic (exact) mass is 286 g/mol. The first-order chi connectivity index (χ1) is 10.2. The molecule has 1 aromatic carbocycles. The third kappa shape index (κ3) is 4.63. The van der Waals surface area contributed by atoms with E-state index in [1.165, 1.54) is 0 Å². The summed E-state index contributed by atoms with van der Waals surface area (Å²) in [4.78, 5) is 18.0. The predicted octanol–water partition coefficient (Wildman–Crippen LogP) is 2.16. The Balaban J connectivity index is 1.69. The molecule has 0 radical (unpaired) electrons. The average molecular weight is 286 g/mol. The molecule has 1 N–H and O–H groups in total. The molecule has 5 heteroatoms. The molecule has 0 unspecified atom stereocenters. The number of carbonyl (C=O) groups excluding carboxylic acids is 1. The van der Waals surface area contributed by atoms with Crippen LogP contribution in [0.5, 0.6) is 0 Å². The predicted molar refractivity (Wildman–Crippen MR) is 84.6 cm³/mol. The fourth-order valence-corrected chi connectivity index (χ4v) is 2.05. The Morgan fingerprint density at radius 3 is 2.62 bits per heavy atom. The van der Waals surface area contributed by atoms with Crippen LogP contribution in [0.2, 0.25) is 0 Å². The largest absolute Gasteiger partial charge is 0.378 e. The first-order valence-electron chi connectivity index (χ1n) is 7.18. The second kappa shape index (κ2) is 7.47. The Labute approximate surface area is 125 Å². The van der Waals surface area contributed by atoms with Crippen LogP contribution in [0.1, 0.15) is 23.2 Å². The van der Waals surface area contributed by atoms with Gasteiger partial charge in [0.2, 0.25) is 0 Å². The van der Waals surface area contributed by atoms with Crippen molar-refractivity contribution in [2.75, 3.05) is 25.5 Å². The fraction of sp³-hybridized carbons (Fsp3) is 0.375. The molecular formula is C16H22N4O. The van der Waals surface area contributed by atoms with Gasteiger partial charge in [-0.25, -0.2) is 4.98 Å². The summed E-state index contributed by atoms with van der Waals surface area (Å²) in [5.41, 5.74) is 1.79. The number of imidazole rings is 1. The highest BCUT2D eigenvalue weighted by molar-refractivity contribution is 5.94. The minimum atomic E-state index is -0.0112. The van der Waals surface area contributed by atoms with Crippen LogP contribution in [0.25, 0.3) is 0 Å². The molecule has 112 valence electrons. The zero-order valence-electron chi connectivity index (χ0n) is 12.6. The van der Waals surface area contributed by atoms with Crippen molar-refractivity contribution in [1.82, 2.24) is 14.9 Å². The third-order valence-corrected chi connectivity index (χ3v) is 3.33. The molecule has 0 saturated carbocycles. The lowest BCUT2D eigenvalue weighted by Crippen LogP contribution is -2.24. The van der Waals surface area contributed by atoms with Gasteiger partial charge in [0.05, 0.1) is 6.33 Å². The van der Waals surface area contributed by atoms with Crippen LogP contribution >= 0.6 is 0 Å². The van der Waals surface area contributed by atoms with Gasteiger partial charge in [0.1, 0.15) is 0 Å². The lowest BCUT2D eigenvalue weighted by atomic mass is 10.2. The van der Waals surface area contributed by atoms with Crippen molar-refractivity contribution in [2.24, 2.45) is 0 Å². The maximum Gasteiger partial charge on any atom is 0.251 e. The molecule has 0 aliphatic heterocycles. The van der Waals surface area contributed by atoms with Crippen LogP contribution < -0.4 is 10.2 Å². The summed E-state index contributed by atoms with van der Waals surface area (Å²) in [5, 5.41) is 2.95. The van der Waals surface area contributed by atoms with Crippen LogP contribution in [0.15, 0.2) is 43.0 Å². The average Bonchev–Trinajstić information content (AvgIpc) is 3.00. The van der Waals surface area contributed by atoms with Crippen molar-refractivity contribution in [3.8, 4) is 0 Å². The number of amides is 1. The van der Waals surface area contributed by atoms with Gasteiger partial charge in [-0.3, -0.25) is 4.79 Å². The molecule has 0 spiro atoms. The number of aryl methyl sites for hydroxylation is 1. The summed E-state index contributed by atoms with van der Waals surface area (Å²) in [5.74, 6) is -0.0112. The van der Waals surface area contributed by atoms with Crippen molar-refractivity contribution in [3.63, 3.8) is 0 Å². The molecule has 1 amide bonds. The number of nitrogens with zero attached hydrogens (tertiary/aromatic N) is 3. The first kappa shape index (κ1) is 15.1. The Bertz CT molecular complexity index is 546. The van der Waals surface area contributed by atoms with Gasteiger partial charge < -0.3 is 14.8 Å².